The van der Waals surface area contributed by atoms with E-state index in [1.807, 2.05) is 24.3 Å². The van der Waals surface area contributed by atoms with Crippen LogP contribution in [-0.2, 0) is 6.54 Å². The molecule has 162 valence electrons. The van der Waals surface area contributed by atoms with Crippen LogP contribution >= 0.6 is 0 Å². The van der Waals surface area contributed by atoms with Crippen molar-refractivity contribution >= 4 is 11.0 Å². The Morgan fingerprint density at radius 1 is 0.969 bits per heavy atom. The smallest absolute Gasteiger partial charge is 0.235 e. The van der Waals surface area contributed by atoms with Crippen LogP contribution in [0.3, 0.4) is 0 Å². The lowest BCUT2D eigenvalue weighted by molar-refractivity contribution is 0.0620. The van der Waals surface area contributed by atoms with Gasteiger partial charge in [0.2, 0.25) is 11.2 Å². The van der Waals surface area contributed by atoms with Gasteiger partial charge in [-0.05, 0) is 48.9 Å². The van der Waals surface area contributed by atoms with Crippen molar-refractivity contribution in [2.45, 2.75) is 19.5 Å². The number of ether oxygens (including phenoxy) is 3. The van der Waals surface area contributed by atoms with E-state index < -0.39 is 0 Å². The lowest BCUT2D eigenvalue weighted by atomic mass is 10.0. The fourth-order valence-corrected chi connectivity index (χ4v) is 3.94. The molecule has 4 aromatic rings. The molecule has 1 unspecified atom stereocenters. The van der Waals surface area contributed by atoms with Crippen molar-refractivity contribution < 1.29 is 18.6 Å². The van der Waals surface area contributed by atoms with Crippen molar-refractivity contribution in [1.29, 1.82) is 0 Å². The molecule has 1 aromatic heterocycles. The largest absolute Gasteiger partial charge is 0.497 e. The minimum Gasteiger partial charge on any atom is -0.497 e. The summed E-state index contributed by atoms with van der Waals surface area (Å²) >= 11 is 0. The van der Waals surface area contributed by atoms with Gasteiger partial charge in [0.15, 0.2) is 0 Å². The first-order valence-corrected chi connectivity index (χ1v) is 10.4. The summed E-state index contributed by atoms with van der Waals surface area (Å²) in [6.45, 7) is 3.23. The molecule has 0 saturated carbocycles. The zero-order chi connectivity index (χ0) is 22.1. The quantitative estimate of drug-likeness (QED) is 0.417. The SMILES string of the molecule is COc1ccc(Oc2coc3c4c(ccc3c2=O)OCN(C(C)c2ccccc2)C4)cc1. The van der Waals surface area contributed by atoms with Gasteiger partial charge in [-0.15, -0.1) is 0 Å². The van der Waals surface area contributed by atoms with Gasteiger partial charge in [0.25, 0.3) is 0 Å². The van der Waals surface area contributed by atoms with E-state index in [4.69, 9.17) is 18.6 Å². The lowest BCUT2D eigenvalue weighted by Gasteiger charge is -2.33. The molecule has 0 fully saturated rings. The Labute approximate surface area is 185 Å². The molecule has 3 aromatic carbocycles. The Balaban J connectivity index is 1.46. The Morgan fingerprint density at radius 2 is 1.72 bits per heavy atom. The average Bonchev–Trinajstić information content (AvgIpc) is 2.85. The third kappa shape index (κ3) is 3.69. The fraction of sp³-hybridized carbons (Fsp3) is 0.192. The second kappa shape index (κ2) is 8.40. The van der Waals surface area contributed by atoms with E-state index in [-0.39, 0.29) is 17.2 Å². The summed E-state index contributed by atoms with van der Waals surface area (Å²) in [4.78, 5) is 15.3. The highest BCUT2D eigenvalue weighted by molar-refractivity contribution is 5.83. The molecule has 5 rings (SSSR count). The Kier molecular flexibility index (Phi) is 5.29. The van der Waals surface area contributed by atoms with Crippen molar-refractivity contribution in [3.05, 3.63) is 94.3 Å². The first kappa shape index (κ1) is 20.2. The number of hydrogen-bond acceptors (Lipinski definition) is 6. The van der Waals surface area contributed by atoms with Crippen molar-refractivity contribution in [1.82, 2.24) is 4.90 Å². The van der Waals surface area contributed by atoms with Crippen LogP contribution in [0.1, 0.15) is 24.1 Å². The number of benzene rings is 3. The molecular formula is C26H23NO5. The summed E-state index contributed by atoms with van der Waals surface area (Å²) in [6.07, 6.45) is 1.37. The van der Waals surface area contributed by atoms with E-state index in [9.17, 15) is 4.79 Å². The maximum absolute atomic E-state index is 13.1. The summed E-state index contributed by atoms with van der Waals surface area (Å²) in [7, 11) is 1.60. The van der Waals surface area contributed by atoms with Gasteiger partial charge in [-0.25, -0.2) is 0 Å². The zero-order valence-corrected chi connectivity index (χ0v) is 17.9. The third-order valence-electron chi connectivity index (χ3n) is 5.83. The number of hydrogen-bond donors (Lipinski definition) is 0. The summed E-state index contributed by atoms with van der Waals surface area (Å²) in [5.74, 6) is 2.11. The second-order valence-corrected chi connectivity index (χ2v) is 7.73. The van der Waals surface area contributed by atoms with Crippen LogP contribution in [0.15, 0.2) is 82.2 Å². The van der Waals surface area contributed by atoms with E-state index in [1.54, 1.807) is 37.4 Å². The normalized spacial score (nSPS) is 14.4. The molecule has 6 nitrogen and oxygen atoms in total. The molecule has 0 spiro atoms. The van der Waals surface area contributed by atoms with E-state index >= 15 is 0 Å². The maximum atomic E-state index is 13.1. The van der Waals surface area contributed by atoms with Crippen LogP contribution < -0.4 is 19.6 Å². The number of nitrogens with zero attached hydrogens (tertiary/aromatic N) is 1. The summed E-state index contributed by atoms with van der Waals surface area (Å²) in [6, 6.07) is 21.0. The molecule has 1 atom stereocenters. The highest BCUT2D eigenvalue weighted by atomic mass is 16.5. The minimum absolute atomic E-state index is 0.133. The molecule has 0 aliphatic carbocycles. The number of rotatable bonds is 5. The zero-order valence-electron chi connectivity index (χ0n) is 17.9. The van der Waals surface area contributed by atoms with Crippen LogP contribution in [0.2, 0.25) is 0 Å². The van der Waals surface area contributed by atoms with Crippen molar-refractivity contribution in [3.8, 4) is 23.0 Å². The fourth-order valence-electron chi connectivity index (χ4n) is 3.94. The molecule has 1 aliphatic heterocycles. The van der Waals surface area contributed by atoms with Crippen LogP contribution in [0.4, 0.5) is 0 Å². The highest BCUT2D eigenvalue weighted by Crippen LogP contribution is 2.35. The maximum Gasteiger partial charge on any atom is 0.235 e. The van der Waals surface area contributed by atoms with E-state index in [0.29, 0.717) is 35.7 Å². The molecular weight excluding hydrogens is 406 g/mol. The predicted octanol–water partition coefficient (Wildman–Crippen LogP) is 5.51. The van der Waals surface area contributed by atoms with E-state index in [2.05, 4.69) is 24.0 Å². The summed E-state index contributed by atoms with van der Waals surface area (Å²) in [5, 5.41) is 0.465. The van der Waals surface area contributed by atoms with Crippen molar-refractivity contribution in [2.75, 3.05) is 13.8 Å². The van der Waals surface area contributed by atoms with Gasteiger partial charge in [0.05, 0.1) is 18.1 Å². The minimum atomic E-state index is -0.224. The summed E-state index contributed by atoms with van der Waals surface area (Å²) < 4.78 is 22.8. The van der Waals surface area contributed by atoms with Gasteiger partial charge >= 0.3 is 0 Å². The molecule has 32 heavy (non-hydrogen) atoms. The highest BCUT2D eigenvalue weighted by Gasteiger charge is 2.26. The van der Waals surface area contributed by atoms with E-state index in [1.165, 1.54) is 11.8 Å². The molecule has 6 heteroatoms. The van der Waals surface area contributed by atoms with Gasteiger partial charge in [-0.3, -0.25) is 9.69 Å². The van der Waals surface area contributed by atoms with Crippen molar-refractivity contribution in [3.63, 3.8) is 0 Å². The second-order valence-electron chi connectivity index (χ2n) is 7.73. The topological polar surface area (TPSA) is 61.1 Å². The van der Waals surface area contributed by atoms with Crippen LogP contribution in [0.5, 0.6) is 23.0 Å². The third-order valence-corrected chi connectivity index (χ3v) is 5.83. The molecule has 0 N–H and O–H groups in total. The molecule has 2 heterocycles. The molecule has 0 radical (unpaired) electrons. The van der Waals surface area contributed by atoms with Gasteiger partial charge in [0, 0.05) is 12.6 Å². The van der Waals surface area contributed by atoms with Gasteiger partial charge in [-0.2, -0.15) is 0 Å². The lowest BCUT2D eigenvalue weighted by Crippen LogP contribution is -2.34. The molecule has 0 amide bonds. The Bertz CT molecular complexity index is 1300. The van der Waals surface area contributed by atoms with Gasteiger partial charge in [0.1, 0.15) is 35.8 Å². The van der Waals surface area contributed by atoms with Gasteiger partial charge in [-0.1, -0.05) is 30.3 Å². The average molecular weight is 429 g/mol. The molecule has 0 saturated heterocycles. The first-order chi connectivity index (χ1) is 15.6. The standard InChI is InChI=1S/C26H23NO5/c1-17(18-6-4-3-5-7-18)27-14-22-23(31-16-27)13-12-21-25(28)24(15-30-26(21)22)32-20-10-8-19(29-2)9-11-20/h3-13,15,17H,14,16H2,1-2H3. The van der Waals surface area contributed by atoms with Crippen molar-refractivity contribution in [2.24, 2.45) is 0 Å². The Hall–Kier alpha value is -3.77. The molecule has 0 bridgehead atoms. The number of fused-ring (bicyclic) bond motifs is 3. The van der Waals surface area contributed by atoms with E-state index in [0.717, 1.165) is 11.3 Å². The van der Waals surface area contributed by atoms with Crippen LogP contribution in [0, 0.1) is 0 Å². The van der Waals surface area contributed by atoms with Gasteiger partial charge < -0.3 is 18.6 Å². The van der Waals surface area contributed by atoms with Crippen LogP contribution in [-0.4, -0.2) is 18.7 Å². The summed E-state index contributed by atoms with van der Waals surface area (Å²) in [5.41, 5.74) is 2.37. The van der Waals surface area contributed by atoms with Crippen LogP contribution in [0.25, 0.3) is 11.0 Å². The first-order valence-electron chi connectivity index (χ1n) is 10.4. The number of methoxy groups -OCH3 is 1. The monoisotopic (exact) mass is 429 g/mol. The molecule has 1 aliphatic rings. The Morgan fingerprint density at radius 3 is 2.47 bits per heavy atom. The predicted molar refractivity (Wildman–Crippen MR) is 121 cm³/mol.